The summed E-state index contributed by atoms with van der Waals surface area (Å²) in [5.74, 6) is 1.99. The second-order valence-corrected chi connectivity index (χ2v) is 6.07. The third kappa shape index (κ3) is 5.02. The van der Waals surface area contributed by atoms with Gasteiger partial charge in [-0.1, -0.05) is 38.1 Å². The maximum atomic E-state index is 5.75. The quantitative estimate of drug-likeness (QED) is 0.643. The van der Waals surface area contributed by atoms with Gasteiger partial charge in [-0.05, 0) is 67.5 Å². The molecule has 0 aliphatic carbocycles. The Morgan fingerprint density at radius 2 is 1.13 bits per heavy atom. The lowest BCUT2D eigenvalue weighted by molar-refractivity contribution is 0.315. The highest BCUT2D eigenvalue weighted by atomic mass is 16.5. The SMILES string of the molecule is CCCOc1ccc(Cc2ccc(OCCC)c(C)c2)cc1C. The zero-order valence-electron chi connectivity index (χ0n) is 14.8. The van der Waals surface area contributed by atoms with Crippen molar-refractivity contribution in [3.63, 3.8) is 0 Å². The van der Waals surface area contributed by atoms with Crippen LogP contribution in [-0.4, -0.2) is 13.2 Å². The molecule has 0 fully saturated rings. The minimum Gasteiger partial charge on any atom is -0.493 e. The fourth-order valence-electron chi connectivity index (χ4n) is 2.63. The van der Waals surface area contributed by atoms with Gasteiger partial charge in [0.15, 0.2) is 0 Å². The summed E-state index contributed by atoms with van der Waals surface area (Å²) in [5.41, 5.74) is 5.03. The van der Waals surface area contributed by atoms with Crippen LogP contribution in [-0.2, 0) is 6.42 Å². The molecule has 0 aliphatic rings. The third-order valence-electron chi connectivity index (χ3n) is 3.81. The Kier molecular flexibility index (Phi) is 6.52. The van der Waals surface area contributed by atoms with Crippen LogP contribution in [0.15, 0.2) is 36.4 Å². The van der Waals surface area contributed by atoms with Gasteiger partial charge in [-0.3, -0.25) is 0 Å². The second kappa shape index (κ2) is 8.61. The van der Waals surface area contributed by atoms with E-state index >= 15 is 0 Å². The molecule has 0 radical (unpaired) electrons. The number of rotatable bonds is 8. The van der Waals surface area contributed by atoms with Crippen LogP contribution in [0.1, 0.15) is 48.9 Å². The summed E-state index contributed by atoms with van der Waals surface area (Å²) in [7, 11) is 0. The van der Waals surface area contributed by atoms with Crippen LogP contribution in [0.25, 0.3) is 0 Å². The summed E-state index contributed by atoms with van der Waals surface area (Å²) in [6.45, 7) is 10.0. The van der Waals surface area contributed by atoms with Crippen molar-refractivity contribution in [2.45, 2.75) is 47.0 Å². The van der Waals surface area contributed by atoms with Gasteiger partial charge in [0.25, 0.3) is 0 Å². The van der Waals surface area contributed by atoms with E-state index in [0.717, 1.165) is 44.0 Å². The molecule has 2 aromatic rings. The molecule has 0 saturated heterocycles. The average Bonchev–Trinajstić information content (AvgIpc) is 2.53. The van der Waals surface area contributed by atoms with E-state index in [1.807, 2.05) is 0 Å². The van der Waals surface area contributed by atoms with Crippen molar-refractivity contribution in [2.24, 2.45) is 0 Å². The lowest BCUT2D eigenvalue weighted by Crippen LogP contribution is -1.99. The molecule has 2 aromatic carbocycles. The van der Waals surface area contributed by atoms with Crippen LogP contribution in [0.5, 0.6) is 11.5 Å². The Hall–Kier alpha value is -1.96. The first-order valence-electron chi connectivity index (χ1n) is 8.58. The van der Waals surface area contributed by atoms with E-state index in [2.05, 4.69) is 64.1 Å². The molecule has 0 atom stereocenters. The summed E-state index contributed by atoms with van der Waals surface area (Å²) in [6.07, 6.45) is 3.00. The summed E-state index contributed by atoms with van der Waals surface area (Å²) in [6, 6.07) is 12.9. The van der Waals surface area contributed by atoms with E-state index in [-0.39, 0.29) is 0 Å². The smallest absolute Gasteiger partial charge is 0.122 e. The van der Waals surface area contributed by atoms with Crippen molar-refractivity contribution < 1.29 is 9.47 Å². The van der Waals surface area contributed by atoms with Gasteiger partial charge in [0, 0.05) is 0 Å². The summed E-state index contributed by atoms with van der Waals surface area (Å²) < 4.78 is 11.5. The molecular weight excluding hydrogens is 284 g/mol. The molecule has 124 valence electrons. The molecule has 0 heterocycles. The number of aryl methyl sites for hydroxylation is 2. The van der Waals surface area contributed by atoms with Gasteiger partial charge < -0.3 is 9.47 Å². The Balaban J connectivity index is 2.07. The number of hydrogen-bond donors (Lipinski definition) is 0. The minimum atomic E-state index is 0.776. The van der Waals surface area contributed by atoms with E-state index in [1.54, 1.807) is 0 Å². The number of hydrogen-bond acceptors (Lipinski definition) is 2. The van der Waals surface area contributed by atoms with E-state index in [4.69, 9.17) is 9.47 Å². The topological polar surface area (TPSA) is 18.5 Å². The highest BCUT2D eigenvalue weighted by Crippen LogP contribution is 2.24. The number of benzene rings is 2. The zero-order valence-corrected chi connectivity index (χ0v) is 14.8. The van der Waals surface area contributed by atoms with Gasteiger partial charge in [-0.25, -0.2) is 0 Å². The van der Waals surface area contributed by atoms with Crippen LogP contribution in [0.3, 0.4) is 0 Å². The first-order valence-corrected chi connectivity index (χ1v) is 8.58. The largest absolute Gasteiger partial charge is 0.493 e. The van der Waals surface area contributed by atoms with E-state index < -0.39 is 0 Å². The monoisotopic (exact) mass is 312 g/mol. The van der Waals surface area contributed by atoms with Crippen molar-refractivity contribution in [3.05, 3.63) is 58.7 Å². The minimum absolute atomic E-state index is 0.776. The standard InChI is InChI=1S/C21H28O2/c1-5-11-22-20-9-7-18(13-16(20)3)15-19-8-10-21(17(4)14-19)23-12-6-2/h7-10,13-14H,5-6,11-12,15H2,1-4H3. The van der Waals surface area contributed by atoms with Crippen molar-refractivity contribution >= 4 is 0 Å². The van der Waals surface area contributed by atoms with E-state index in [9.17, 15) is 0 Å². The van der Waals surface area contributed by atoms with Crippen molar-refractivity contribution in [1.82, 2.24) is 0 Å². The van der Waals surface area contributed by atoms with Gasteiger partial charge in [-0.15, -0.1) is 0 Å². The van der Waals surface area contributed by atoms with Crippen LogP contribution >= 0.6 is 0 Å². The van der Waals surface area contributed by atoms with Crippen LogP contribution in [0, 0.1) is 13.8 Å². The van der Waals surface area contributed by atoms with Crippen LogP contribution in [0.2, 0.25) is 0 Å². The van der Waals surface area contributed by atoms with Crippen molar-refractivity contribution in [3.8, 4) is 11.5 Å². The fourth-order valence-corrected chi connectivity index (χ4v) is 2.63. The summed E-state index contributed by atoms with van der Waals surface area (Å²) in [5, 5.41) is 0. The molecule has 0 saturated carbocycles. The first-order chi connectivity index (χ1) is 11.1. The van der Waals surface area contributed by atoms with Crippen LogP contribution in [0.4, 0.5) is 0 Å². The van der Waals surface area contributed by atoms with Crippen molar-refractivity contribution in [2.75, 3.05) is 13.2 Å². The van der Waals surface area contributed by atoms with E-state index in [1.165, 1.54) is 22.3 Å². The maximum absolute atomic E-state index is 5.75. The second-order valence-electron chi connectivity index (χ2n) is 6.07. The Morgan fingerprint density at radius 1 is 0.696 bits per heavy atom. The Morgan fingerprint density at radius 3 is 1.48 bits per heavy atom. The third-order valence-corrected chi connectivity index (χ3v) is 3.81. The molecule has 0 amide bonds. The molecule has 23 heavy (non-hydrogen) atoms. The molecule has 0 aliphatic heterocycles. The molecule has 0 unspecified atom stereocenters. The normalized spacial score (nSPS) is 10.6. The van der Waals surface area contributed by atoms with Crippen LogP contribution < -0.4 is 9.47 Å². The van der Waals surface area contributed by atoms with Gasteiger partial charge >= 0.3 is 0 Å². The first kappa shape index (κ1) is 17.4. The van der Waals surface area contributed by atoms with Gasteiger partial charge in [0.05, 0.1) is 13.2 Å². The Bertz CT molecular complexity index is 576. The molecule has 0 bridgehead atoms. The zero-order chi connectivity index (χ0) is 16.7. The highest BCUT2D eigenvalue weighted by Gasteiger charge is 2.05. The molecule has 0 spiro atoms. The molecule has 0 aromatic heterocycles. The fraction of sp³-hybridized carbons (Fsp3) is 0.429. The molecule has 0 N–H and O–H groups in total. The van der Waals surface area contributed by atoms with Gasteiger partial charge in [0.1, 0.15) is 11.5 Å². The van der Waals surface area contributed by atoms with Crippen molar-refractivity contribution in [1.29, 1.82) is 0 Å². The predicted molar refractivity (Wildman–Crippen MR) is 96.7 cm³/mol. The molecular formula is C21H28O2. The number of ether oxygens (including phenoxy) is 2. The lowest BCUT2D eigenvalue weighted by atomic mass is 10.0. The summed E-state index contributed by atoms with van der Waals surface area (Å²) >= 11 is 0. The van der Waals surface area contributed by atoms with Gasteiger partial charge in [0.2, 0.25) is 0 Å². The van der Waals surface area contributed by atoms with Gasteiger partial charge in [-0.2, -0.15) is 0 Å². The Labute approximate surface area is 140 Å². The lowest BCUT2D eigenvalue weighted by Gasteiger charge is -2.12. The average molecular weight is 312 g/mol. The highest BCUT2D eigenvalue weighted by molar-refractivity contribution is 5.41. The van der Waals surface area contributed by atoms with E-state index in [0.29, 0.717) is 0 Å². The maximum Gasteiger partial charge on any atom is 0.122 e. The molecule has 2 heteroatoms. The molecule has 2 nitrogen and oxygen atoms in total. The summed E-state index contributed by atoms with van der Waals surface area (Å²) in [4.78, 5) is 0. The predicted octanol–water partition coefficient (Wildman–Crippen LogP) is 5.47. The molecule has 2 rings (SSSR count).